The highest BCUT2D eigenvalue weighted by molar-refractivity contribution is 5.68. The van der Waals surface area contributed by atoms with Crippen LogP contribution in [-0.2, 0) is 6.18 Å². The SMILES string of the molecule is N#CCC=Cc1c(N)cccc1C(F)(F)F. The quantitative estimate of drug-likeness (QED) is 0.787. The number of nitriles is 1. The number of anilines is 1. The van der Waals surface area contributed by atoms with E-state index >= 15 is 0 Å². The van der Waals surface area contributed by atoms with Gasteiger partial charge in [-0.15, -0.1) is 0 Å². The number of nitrogens with zero attached hydrogens (tertiary/aromatic N) is 1. The predicted octanol–water partition coefficient (Wildman–Crippen LogP) is 3.21. The smallest absolute Gasteiger partial charge is 0.398 e. The zero-order chi connectivity index (χ0) is 12.2. The van der Waals surface area contributed by atoms with Gasteiger partial charge in [-0.25, -0.2) is 0 Å². The molecule has 84 valence electrons. The summed E-state index contributed by atoms with van der Waals surface area (Å²) in [4.78, 5) is 0. The third kappa shape index (κ3) is 2.76. The average Bonchev–Trinajstić information content (AvgIpc) is 2.19. The van der Waals surface area contributed by atoms with E-state index in [1.165, 1.54) is 24.3 Å². The van der Waals surface area contributed by atoms with Gasteiger partial charge in [0.15, 0.2) is 0 Å². The van der Waals surface area contributed by atoms with Crippen LogP contribution in [0.2, 0.25) is 0 Å². The van der Waals surface area contributed by atoms with Gasteiger partial charge in [-0.1, -0.05) is 18.2 Å². The van der Waals surface area contributed by atoms with Crippen LogP contribution in [0, 0.1) is 11.3 Å². The van der Waals surface area contributed by atoms with E-state index in [-0.39, 0.29) is 17.7 Å². The van der Waals surface area contributed by atoms with E-state index in [1.54, 1.807) is 6.07 Å². The Hall–Kier alpha value is -1.96. The Bertz CT molecular complexity index is 442. The van der Waals surface area contributed by atoms with Crippen molar-refractivity contribution in [2.75, 3.05) is 5.73 Å². The molecule has 0 spiro atoms. The monoisotopic (exact) mass is 226 g/mol. The Kier molecular flexibility index (Phi) is 3.56. The first kappa shape index (κ1) is 12.1. The maximum atomic E-state index is 12.6. The molecule has 0 amide bonds. The third-order valence-corrected chi connectivity index (χ3v) is 1.94. The van der Waals surface area contributed by atoms with Crippen molar-refractivity contribution in [1.29, 1.82) is 5.26 Å². The fourth-order valence-electron chi connectivity index (χ4n) is 1.25. The molecule has 1 aromatic carbocycles. The summed E-state index contributed by atoms with van der Waals surface area (Å²) in [7, 11) is 0. The van der Waals surface area contributed by atoms with Crippen molar-refractivity contribution in [3.8, 4) is 6.07 Å². The fourth-order valence-corrected chi connectivity index (χ4v) is 1.25. The van der Waals surface area contributed by atoms with Crippen molar-refractivity contribution in [3.63, 3.8) is 0 Å². The second kappa shape index (κ2) is 4.71. The number of nitrogen functional groups attached to an aromatic ring is 1. The summed E-state index contributed by atoms with van der Waals surface area (Å²) in [6, 6.07) is 5.41. The van der Waals surface area contributed by atoms with Crippen LogP contribution in [0.1, 0.15) is 17.5 Å². The molecule has 0 radical (unpaired) electrons. The van der Waals surface area contributed by atoms with Crippen LogP contribution in [0.15, 0.2) is 24.3 Å². The molecule has 0 heterocycles. The molecule has 16 heavy (non-hydrogen) atoms. The second-order valence-corrected chi connectivity index (χ2v) is 3.07. The van der Waals surface area contributed by atoms with Crippen molar-refractivity contribution in [1.82, 2.24) is 0 Å². The standard InChI is InChI=1S/C11H9F3N2/c12-11(13,14)9-5-3-6-10(16)8(9)4-1-2-7-15/h1,3-6H,2,16H2. The zero-order valence-electron chi connectivity index (χ0n) is 8.25. The van der Waals surface area contributed by atoms with Crippen LogP contribution < -0.4 is 5.73 Å². The number of benzene rings is 1. The van der Waals surface area contributed by atoms with Gasteiger partial charge >= 0.3 is 6.18 Å². The molecule has 1 aromatic rings. The van der Waals surface area contributed by atoms with Crippen molar-refractivity contribution in [3.05, 3.63) is 35.4 Å². The third-order valence-electron chi connectivity index (χ3n) is 1.94. The van der Waals surface area contributed by atoms with E-state index in [0.29, 0.717) is 0 Å². The van der Waals surface area contributed by atoms with Gasteiger partial charge in [0.2, 0.25) is 0 Å². The minimum absolute atomic E-state index is 0.0454. The van der Waals surface area contributed by atoms with E-state index in [4.69, 9.17) is 11.0 Å². The number of nitrogens with two attached hydrogens (primary N) is 1. The molecule has 0 aliphatic carbocycles. The van der Waals surface area contributed by atoms with Gasteiger partial charge in [0.25, 0.3) is 0 Å². The maximum Gasteiger partial charge on any atom is 0.417 e. The molecular weight excluding hydrogens is 217 g/mol. The molecule has 0 unspecified atom stereocenters. The van der Waals surface area contributed by atoms with Crippen LogP contribution >= 0.6 is 0 Å². The lowest BCUT2D eigenvalue weighted by atomic mass is 10.0. The number of rotatable bonds is 2. The molecule has 0 aliphatic rings. The number of halogens is 3. The van der Waals surface area contributed by atoms with Crippen LogP contribution in [0.4, 0.5) is 18.9 Å². The highest BCUT2D eigenvalue weighted by Gasteiger charge is 2.33. The molecule has 2 N–H and O–H groups in total. The minimum atomic E-state index is -4.44. The topological polar surface area (TPSA) is 49.8 Å². The van der Waals surface area contributed by atoms with Gasteiger partial charge in [-0.2, -0.15) is 18.4 Å². The van der Waals surface area contributed by atoms with Crippen molar-refractivity contribution < 1.29 is 13.2 Å². The summed E-state index contributed by atoms with van der Waals surface area (Å²) in [5.41, 5.74) is 4.63. The largest absolute Gasteiger partial charge is 0.417 e. The summed E-state index contributed by atoms with van der Waals surface area (Å²) in [6.07, 6.45) is -1.82. The summed E-state index contributed by atoms with van der Waals surface area (Å²) >= 11 is 0. The lowest BCUT2D eigenvalue weighted by molar-refractivity contribution is -0.137. The highest BCUT2D eigenvalue weighted by atomic mass is 19.4. The first-order chi connectivity index (χ1) is 7.46. The number of hydrogen-bond acceptors (Lipinski definition) is 2. The van der Waals surface area contributed by atoms with Gasteiger partial charge in [-0.05, 0) is 12.1 Å². The van der Waals surface area contributed by atoms with E-state index < -0.39 is 11.7 Å². The zero-order valence-corrected chi connectivity index (χ0v) is 8.25. The predicted molar refractivity (Wildman–Crippen MR) is 55.1 cm³/mol. The van der Waals surface area contributed by atoms with E-state index in [1.807, 2.05) is 0 Å². The molecule has 1 rings (SSSR count). The minimum Gasteiger partial charge on any atom is -0.398 e. The van der Waals surface area contributed by atoms with E-state index in [2.05, 4.69) is 0 Å². The van der Waals surface area contributed by atoms with Crippen LogP contribution in [0.3, 0.4) is 0 Å². The first-order valence-electron chi connectivity index (χ1n) is 4.46. The van der Waals surface area contributed by atoms with Crippen LogP contribution in [0.25, 0.3) is 6.08 Å². The molecule has 0 fully saturated rings. The summed E-state index contributed by atoms with van der Waals surface area (Å²) in [5.74, 6) is 0. The van der Waals surface area contributed by atoms with Gasteiger partial charge < -0.3 is 5.73 Å². The van der Waals surface area contributed by atoms with Crippen molar-refractivity contribution >= 4 is 11.8 Å². The molecule has 2 nitrogen and oxygen atoms in total. The molecule has 5 heteroatoms. The molecule has 0 bridgehead atoms. The molecule has 0 aromatic heterocycles. The van der Waals surface area contributed by atoms with Gasteiger partial charge in [0, 0.05) is 11.3 Å². The number of hydrogen-bond donors (Lipinski definition) is 1. The Balaban J connectivity index is 3.20. The van der Waals surface area contributed by atoms with Gasteiger partial charge in [0.1, 0.15) is 0 Å². The Morgan fingerprint density at radius 1 is 1.38 bits per heavy atom. The summed E-state index contributed by atoms with van der Waals surface area (Å²) < 4.78 is 37.7. The Morgan fingerprint density at radius 2 is 2.06 bits per heavy atom. The van der Waals surface area contributed by atoms with Crippen LogP contribution in [-0.4, -0.2) is 0 Å². The lowest BCUT2D eigenvalue weighted by Gasteiger charge is -2.11. The fraction of sp³-hybridized carbons (Fsp3) is 0.182. The molecular formula is C11H9F3N2. The molecule has 0 saturated carbocycles. The first-order valence-corrected chi connectivity index (χ1v) is 4.46. The highest BCUT2D eigenvalue weighted by Crippen LogP contribution is 2.34. The summed E-state index contributed by atoms with van der Waals surface area (Å²) in [5, 5.41) is 8.29. The number of alkyl halides is 3. The van der Waals surface area contributed by atoms with Gasteiger partial charge in [0.05, 0.1) is 18.1 Å². The molecule has 0 atom stereocenters. The summed E-state index contributed by atoms with van der Waals surface area (Å²) in [6.45, 7) is 0. The Labute approximate surface area is 90.8 Å². The lowest BCUT2D eigenvalue weighted by Crippen LogP contribution is -2.08. The maximum absolute atomic E-state index is 12.6. The molecule has 0 aliphatic heterocycles. The van der Waals surface area contributed by atoms with E-state index in [0.717, 1.165) is 6.07 Å². The van der Waals surface area contributed by atoms with Crippen molar-refractivity contribution in [2.45, 2.75) is 12.6 Å². The number of allylic oxidation sites excluding steroid dienone is 1. The van der Waals surface area contributed by atoms with E-state index in [9.17, 15) is 13.2 Å². The molecule has 0 saturated heterocycles. The normalized spacial score (nSPS) is 11.6. The Morgan fingerprint density at radius 3 is 2.62 bits per heavy atom. The average molecular weight is 226 g/mol. The van der Waals surface area contributed by atoms with Crippen molar-refractivity contribution in [2.24, 2.45) is 0 Å². The van der Waals surface area contributed by atoms with Crippen LogP contribution in [0.5, 0.6) is 0 Å². The van der Waals surface area contributed by atoms with Gasteiger partial charge in [-0.3, -0.25) is 0 Å². The second-order valence-electron chi connectivity index (χ2n) is 3.07.